The van der Waals surface area contributed by atoms with Gasteiger partial charge in [-0.2, -0.15) is 0 Å². The summed E-state index contributed by atoms with van der Waals surface area (Å²) in [6.45, 7) is 5.62. The largest absolute Gasteiger partial charge is 0.324 e. The number of hydrogen-bond donors (Lipinski definition) is 2. The van der Waals surface area contributed by atoms with Crippen molar-refractivity contribution in [3.63, 3.8) is 0 Å². The first kappa shape index (κ1) is 14.5. The lowest BCUT2D eigenvalue weighted by atomic mass is 9.82. The summed E-state index contributed by atoms with van der Waals surface area (Å²) in [6.07, 6.45) is 6.74. The molecule has 0 radical (unpaired) electrons. The minimum atomic E-state index is 0.126. The van der Waals surface area contributed by atoms with Gasteiger partial charge in [0.2, 0.25) is 0 Å². The van der Waals surface area contributed by atoms with Gasteiger partial charge in [0.15, 0.2) is 0 Å². The van der Waals surface area contributed by atoms with Gasteiger partial charge in [0.05, 0.1) is 0 Å². The van der Waals surface area contributed by atoms with E-state index < -0.39 is 0 Å². The van der Waals surface area contributed by atoms with Crippen molar-refractivity contribution in [2.45, 2.75) is 57.5 Å². The van der Waals surface area contributed by atoms with Crippen molar-refractivity contribution < 1.29 is 0 Å². The van der Waals surface area contributed by atoms with E-state index in [-0.39, 0.29) is 6.04 Å². The fraction of sp³-hybridized carbons (Fsp3) is 0.647. The van der Waals surface area contributed by atoms with Crippen LogP contribution in [0.3, 0.4) is 0 Å². The van der Waals surface area contributed by atoms with E-state index in [9.17, 15) is 0 Å². The summed E-state index contributed by atoms with van der Waals surface area (Å²) in [7, 11) is 0. The molecule has 2 atom stereocenters. The first-order valence-corrected chi connectivity index (χ1v) is 7.66. The highest BCUT2D eigenvalue weighted by Gasteiger charge is 2.27. The average molecular weight is 260 g/mol. The Morgan fingerprint density at radius 2 is 1.79 bits per heavy atom. The topological polar surface area (TPSA) is 38.0 Å². The van der Waals surface area contributed by atoms with Gasteiger partial charge in [0, 0.05) is 18.1 Å². The molecule has 2 nitrogen and oxygen atoms in total. The Morgan fingerprint density at radius 1 is 1.16 bits per heavy atom. The number of hydrogen-bond acceptors (Lipinski definition) is 2. The van der Waals surface area contributed by atoms with Gasteiger partial charge < -0.3 is 11.1 Å². The molecule has 0 saturated heterocycles. The van der Waals surface area contributed by atoms with Crippen molar-refractivity contribution in [3.05, 3.63) is 35.9 Å². The predicted octanol–water partition coefficient (Wildman–Crippen LogP) is 3.63. The smallest absolute Gasteiger partial charge is 0.0333 e. The van der Waals surface area contributed by atoms with E-state index in [1.54, 1.807) is 0 Å². The Bertz CT molecular complexity index is 368. The molecule has 2 rings (SSSR count). The summed E-state index contributed by atoms with van der Waals surface area (Å²) < 4.78 is 0. The van der Waals surface area contributed by atoms with E-state index in [0.29, 0.717) is 11.5 Å². The third-order valence-corrected chi connectivity index (χ3v) is 4.61. The molecule has 2 heteroatoms. The van der Waals surface area contributed by atoms with Crippen LogP contribution in [0, 0.1) is 5.92 Å². The molecular formula is C17H28N2. The number of rotatable bonds is 5. The third kappa shape index (κ3) is 4.05. The van der Waals surface area contributed by atoms with Crippen LogP contribution >= 0.6 is 0 Å². The number of benzene rings is 1. The standard InChI is InChI=1S/C17H28N2/c1-14(16(18)15-9-5-3-6-10-15)13-19-17(2)11-7-4-8-12-17/h3,5-6,9-10,14,16,19H,4,7-8,11-13,18H2,1-2H3. The first-order valence-electron chi connectivity index (χ1n) is 7.66. The molecule has 106 valence electrons. The van der Waals surface area contributed by atoms with Crippen LogP contribution in [-0.4, -0.2) is 12.1 Å². The van der Waals surface area contributed by atoms with Crippen molar-refractivity contribution in [1.82, 2.24) is 5.32 Å². The minimum absolute atomic E-state index is 0.126. The summed E-state index contributed by atoms with van der Waals surface area (Å²) >= 11 is 0. The summed E-state index contributed by atoms with van der Waals surface area (Å²) in [6, 6.07) is 10.6. The zero-order chi connectivity index (χ0) is 13.7. The average Bonchev–Trinajstić information content (AvgIpc) is 2.46. The quantitative estimate of drug-likeness (QED) is 0.848. The molecule has 1 aliphatic carbocycles. The Morgan fingerprint density at radius 3 is 2.42 bits per heavy atom. The summed E-state index contributed by atoms with van der Waals surface area (Å²) in [4.78, 5) is 0. The van der Waals surface area contributed by atoms with Gasteiger partial charge in [-0.15, -0.1) is 0 Å². The highest BCUT2D eigenvalue weighted by atomic mass is 15.0. The summed E-state index contributed by atoms with van der Waals surface area (Å²) in [5.41, 5.74) is 7.93. The fourth-order valence-electron chi connectivity index (χ4n) is 3.05. The fourth-order valence-corrected chi connectivity index (χ4v) is 3.05. The first-order chi connectivity index (χ1) is 9.11. The maximum Gasteiger partial charge on any atom is 0.0333 e. The molecule has 1 fully saturated rings. The highest BCUT2D eigenvalue weighted by Crippen LogP contribution is 2.28. The second-order valence-electron chi connectivity index (χ2n) is 6.42. The molecule has 2 unspecified atom stereocenters. The molecule has 1 aromatic carbocycles. The van der Waals surface area contributed by atoms with Gasteiger partial charge in [-0.1, -0.05) is 56.5 Å². The second-order valence-corrected chi connectivity index (χ2v) is 6.42. The van der Waals surface area contributed by atoms with Crippen molar-refractivity contribution in [2.75, 3.05) is 6.54 Å². The molecule has 3 N–H and O–H groups in total. The molecule has 0 amide bonds. The van der Waals surface area contributed by atoms with Gasteiger partial charge in [-0.05, 0) is 31.2 Å². The lowest BCUT2D eigenvalue weighted by Gasteiger charge is -2.36. The molecule has 19 heavy (non-hydrogen) atoms. The van der Waals surface area contributed by atoms with Crippen LogP contribution in [0.4, 0.5) is 0 Å². The van der Waals surface area contributed by atoms with Crippen molar-refractivity contribution in [1.29, 1.82) is 0 Å². The molecule has 0 aromatic heterocycles. The van der Waals surface area contributed by atoms with Crippen LogP contribution in [0.25, 0.3) is 0 Å². The molecule has 1 aromatic rings. The normalized spacial score (nSPS) is 21.8. The van der Waals surface area contributed by atoms with Gasteiger partial charge in [-0.25, -0.2) is 0 Å². The Labute approximate surface area is 117 Å². The molecule has 0 heterocycles. The number of nitrogens with two attached hydrogens (primary N) is 1. The van der Waals surface area contributed by atoms with Crippen LogP contribution in [0.5, 0.6) is 0 Å². The summed E-state index contributed by atoms with van der Waals surface area (Å²) in [5.74, 6) is 0.459. The lowest BCUT2D eigenvalue weighted by molar-refractivity contribution is 0.236. The predicted molar refractivity (Wildman–Crippen MR) is 82.0 cm³/mol. The van der Waals surface area contributed by atoms with E-state index in [0.717, 1.165) is 6.54 Å². The molecule has 1 saturated carbocycles. The highest BCUT2D eigenvalue weighted by molar-refractivity contribution is 5.19. The van der Waals surface area contributed by atoms with E-state index in [1.165, 1.54) is 37.7 Å². The van der Waals surface area contributed by atoms with Gasteiger partial charge in [0.1, 0.15) is 0 Å². The van der Waals surface area contributed by atoms with Crippen LogP contribution in [0.15, 0.2) is 30.3 Å². The monoisotopic (exact) mass is 260 g/mol. The summed E-state index contributed by atoms with van der Waals surface area (Å²) in [5, 5.41) is 3.77. The van der Waals surface area contributed by atoms with Crippen molar-refractivity contribution in [2.24, 2.45) is 11.7 Å². The van der Waals surface area contributed by atoms with Crippen LogP contribution in [0.1, 0.15) is 57.6 Å². The van der Waals surface area contributed by atoms with Gasteiger partial charge >= 0.3 is 0 Å². The maximum absolute atomic E-state index is 6.36. The van der Waals surface area contributed by atoms with Gasteiger partial charge in [-0.3, -0.25) is 0 Å². The van der Waals surface area contributed by atoms with Gasteiger partial charge in [0.25, 0.3) is 0 Å². The van der Waals surface area contributed by atoms with E-state index in [1.807, 2.05) is 6.07 Å². The van der Waals surface area contributed by atoms with E-state index in [2.05, 4.69) is 43.4 Å². The molecule has 1 aliphatic rings. The van der Waals surface area contributed by atoms with Crippen molar-refractivity contribution in [3.8, 4) is 0 Å². The Kier molecular flexibility index (Phi) is 5.00. The molecular weight excluding hydrogens is 232 g/mol. The van der Waals surface area contributed by atoms with Crippen molar-refractivity contribution >= 4 is 0 Å². The van der Waals surface area contributed by atoms with E-state index >= 15 is 0 Å². The molecule has 0 spiro atoms. The number of nitrogens with one attached hydrogen (secondary N) is 1. The van der Waals surface area contributed by atoms with E-state index in [4.69, 9.17) is 5.73 Å². The maximum atomic E-state index is 6.36. The zero-order valence-electron chi connectivity index (χ0n) is 12.4. The molecule has 0 aliphatic heterocycles. The van der Waals surface area contributed by atoms with Crippen LogP contribution in [-0.2, 0) is 0 Å². The lowest BCUT2D eigenvalue weighted by Crippen LogP contribution is -2.46. The van der Waals surface area contributed by atoms with Crippen LogP contribution in [0.2, 0.25) is 0 Å². The third-order valence-electron chi connectivity index (χ3n) is 4.61. The molecule has 0 bridgehead atoms. The Balaban J connectivity index is 1.85. The SMILES string of the molecule is CC(CNC1(C)CCCCC1)C(N)c1ccccc1. The zero-order valence-corrected chi connectivity index (χ0v) is 12.4. The Hall–Kier alpha value is -0.860. The second kappa shape index (κ2) is 6.53. The van der Waals surface area contributed by atoms with Crippen LogP contribution < -0.4 is 11.1 Å². The minimum Gasteiger partial charge on any atom is -0.324 e.